The zero-order valence-electron chi connectivity index (χ0n) is 33.7. The van der Waals surface area contributed by atoms with Gasteiger partial charge in [-0.05, 0) is 76.9 Å². The topological polar surface area (TPSA) is 35.6 Å². The summed E-state index contributed by atoms with van der Waals surface area (Å²) in [5.74, 6) is 0.685. The maximum atomic E-state index is 5.19. The fourth-order valence-electron chi connectivity index (χ4n) is 9.24. The zero-order chi connectivity index (χ0) is 41.0. The average Bonchev–Trinajstić information content (AvgIpc) is 3.88. The van der Waals surface area contributed by atoms with Crippen molar-refractivity contribution < 1.29 is 0 Å². The lowest BCUT2D eigenvalue weighted by Crippen LogP contribution is -1.98. The third-order valence-corrected chi connectivity index (χ3v) is 12.1. The molecule has 0 bridgehead atoms. The van der Waals surface area contributed by atoms with Crippen LogP contribution in [0.4, 0.5) is 0 Å². The Morgan fingerprint density at radius 1 is 0.274 bits per heavy atom. The minimum Gasteiger partial charge on any atom is -0.309 e. The first kappa shape index (κ1) is 35.6. The predicted octanol–water partition coefficient (Wildman–Crippen LogP) is 15.0. The van der Waals surface area contributed by atoms with E-state index in [0.29, 0.717) is 5.82 Å². The van der Waals surface area contributed by atoms with E-state index in [0.717, 1.165) is 50.5 Å². The van der Waals surface area contributed by atoms with Crippen LogP contribution in [0.2, 0.25) is 0 Å². The van der Waals surface area contributed by atoms with Crippen LogP contribution in [-0.4, -0.2) is 19.1 Å². The normalized spacial score (nSPS) is 11.5. The van der Waals surface area contributed by atoms with Gasteiger partial charge in [0.05, 0.1) is 33.5 Å². The van der Waals surface area contributed by atoms with Crippen molar-refractivity contribution in [2.24, 2.45) is 0 Å². The summed E-state index contributed by atoms with van der Waals surface area (Å²) in [5.41, 5.74) is 16.5. The quantitative estimate of drug-likeness (QED) is 0.161. The molecule has 12 aromatic rings. The number of hydrogen-bond donors (Lipinski definition) is 0. The van der Waals surface area contributed by atoms with Crippen LogP contribution in [0.25, 0.3) is 111 Å². The molecule has 0 saturated carbocycles. The number of nitrogens with zero attached hydrogens (tertiary/aromatic N) is 4. The van der Waals surface area contributed by atoms with Gasteiger partial charge >= 0.3 is 0 Å². The van der Waals surface area contributed by atoms with Crippen LogP contribution in [0.15, 0.2) is 231 Å². The Morgan fingerprint density at radius 3 is 1.45 bits per heavy atom. The molecule has 4 heteroatoms. The molecule has 12 rings (SSSR count). The summed E-state index contributed by atoms with van der Waals surface area (Å²) in [7, 11) is 0. The lowest BCUT2D eigenvalue weighted by molar-refractivity contribution is 1.16. The largest absolute Gasteiger partial charge is 0.309 e. The van der Waals surface area contributed by atoms with E-state index in [-0.39, 0.29) is 0 Å². The Kier molecular flexibility index (Phi) is 8.46. The first-order valence-corrected chi connectivity index (χ1v) is 21.1. The average molecular weight is 791 g/mol. The summed E-state index contributed by atoms with van der Waals surface area (Å²) in [6.45, 7) is 0. The molecular weight excluding hydrogens is 753 g/mol. The number of fused-ring (bicyclic) bond motifs is 7. The molecule has 0 fully saturated rings. The van der Waals surface area contributed by atoms with Crippen molar-refractivity contribution in [1.82, 2.24) is 19.1 Å². The van der Waals surface area contributed by atoms with Gasteiger partial charge in [0.1, 0.15) is 0 Å². The zero-order valence-corrected chi connectivity index (χ0v) is 33.7. The lowest BCUT2D eigenvalue weighted by Gasteiger charge is -2.13. The van der Waals surface area contributed by atoms with E-state index in [1.165, 1.54) is 54.8 Å². The van der Waals surface area contributed by atoms with Crippen LogP contribution < -0.4 is 0 Å². The molecule has 0 amide bonds. The highest BCUT2D eigenvalue weighted by Crippen LogP contribution is 2.42. The monoisotopic (exact) mass is 790 g/mol. The summed E-state index contributed by atoms with van der Waals surface area (Å²) >= 11 is 0. The molecule has 0 aliphatic carbocycles. The third-order valence-electron chi connectivity index (χ3n) is 12.1. The molecule has 9 aromatic carbocycles. The van der Waals surface area contributed by atoms with Crippen molar-refractivity contribution in [3.8, 4) is 67.5 Å². The molecule has 290 valence electrons. The molecule has 3 heterocycles. The van der Waals surface area contributed by atoms with Gasteiger partial charge in [0.25, 0.3) is 0 Å². The molecule has 0 atom stereocenters. The number of para-hydroxylation sites is 2. The van der Waals surface area contributed by atoms with Gasteiger partial charge in [0.2, 0.25) is 0 Å². The lowest BCUT2D eigenvalue weighted by atomic mass is 9.99. The van der Waals surface area contributed by atoms with Crippen LogP contribution in [-0.2, 0) is 0 Å². The molecule has 0 aliphatic rings. The second-order valence-electron chi connectivity index (χ2n) is 15.8. The van der Waals surface area contributed by atoms with E-state index in [9.17, 15) is 0 Å². The van der Waals surface area contributed by atoms with Crippen molar-refractivity contribution in [2.75, 3.05) is 0 Å². The summed E-state index contributed by atoms with van der Waals surface area (Å²) in [6.07, 6.45) is 0. The fourth-order valence-corrected chi connectivity index (χ4v) is 9.24. The van der Waals surface area contributed by atoms with Gasteiger partial charge in [-0.25, -0.2) is 9.97 Å². The van der Waals surface area contributed by atoms with Crippen molar-refractivity contribution in [3.63, 3.8) is 0 Å². The van der Waals surface area contributed by atoms with Crippen LogP contribution in [0, 0.1) is 0 Å². The van der Waals surface area contributed by atoms with Crippen molar-refractivity contribution in [3.05, 3.63) is 231 Å². The molecular formula is C58H38N4. The highest BCUT2D eigenvalue weighted by atomic mass is 15.0. The highest BCUT2D eigenvalue weighted by molar-refractivity contribution is 6.26. The minimum absolute atomic E-state index is 0.685. The maximum absolute atomic E-state index is 5.19. The van der Waals surface area contributed by atoms with Crippen molar-refractivity contribution >= 4 is 43.6 Å². The van der Waals surface area contributed by atoms with E-state index in [1.54, 1.807) is 0 Å². The number of rotatable bonds is 7. The van der Waals surface area contributed by atoms with Gasteiger partial charge in [-0.1, -0.05) is 176 Å². The van der Waals surface area contributed by atoms with E-state index in [2.05, 4.69) is 228 Å². The molecule has 0 spiro atoms. The second kappa shape index (κ2) is 14.7. The Morgan fingerprint density at radius 2 is 0.790 bits per heavy atom. The SMILES string of the molecule is c1ccc(-c2cccc(-c3ccc(-n4c5ccccc5c5c4ccc4c6ccccc6n(-c6cccc(-c7nc(-c8ccccc8)cc(-c8ccccc8)n7)c6)c45)cc3)c2)cc1. The molecule has 4 nitrogen and oxygen atoms in total. The van der Waals surface area contributed by atoms with Crippen LogP contribution in [0.5, 0.6) is 0 Å². The van der Waals surface area contributed by atoms with Gasteiger partial charge in [-0.3, -0.25) is 0 Å². The maximum Gasteiger partial charge on any atom is 0.160 e. The summed E-state index contributed by atoms with van der Waals surface area (Å²) in [6, 6.07) is 82.1. The predicted molar refractivity (Wildman–Crippen MR) is 258 cm³/mol. The van der Waals surface area contributed by atoms with Gasteiger partial charge in [0, 0.05) is 49.6 Å². The highest BCUT2D eigenvalue weighted by Gasteiger charge is 2.21. The molecule has 0 aliphatic heterocycles. The van der Waals surface area contributed by atoms with E-state index >= 15 is 0 Å². The smallest absolute Gasteiger partial charge is 0.160 e. The van der Waals surface area contributed by atoms with Gasteiger partial charge in [-0.2, -0.15) is 0 Å². The number of benzene rings is 9. The van der Waals surface area contributed by atoms with Gasteiger partial charge < -0.3 is 9.13 Å². The second-order valence-corrected chi connectivity index (χ2v) is 15.8. The van der Waals surface area contributed by atoms with E-state index in [4.69, 9.17) is 9.97 Å². The minimum atomic E-state index is 0.685. The summed E-state index contributed by atoms with van der Waals surface area (Å²) < 4.78 is 4.86. The van der Waals surface area contributed by atoms with Crippen molar-refractivity contribution in [2.45, 2.75) is 0 Å². The van der Waals surface area contributed by atoms with Gasteiger partial charge in [0.15, 0.2) is 5.82 Å². The third kappa shape index (κ3) is 6.00. The molecule has 0 saturated heterocycles. The Bertz CT molecular complexity index is 3550. The number of hydrogen-bond acceptors (Lipinski definition) is 2. The summed E-state index contributed by atoms with van der Waals surface area (Å²) in [4.78, 5) is 10.4. The molecule has 62 heavy (non-hydrogen) atoms. The molecule has 3 aromatic heterocycles. The van der Waals surface area contributed by atoms with E-state index in [1.807, 2.05) is 12.1 Å². The van der Waals surface area contributed by atoms with E-state index < -0.39 is 0 Å². The van der Waals surface area contributed by atoms with Crippen molar-refractivity contribution in [1.29, 1.82) is 0 Å². The Balaban J connectivity index is 1.04. The Hall–Kier alpha value is -8.34. The van der Waals surface area contributed by atoms with Gasteiger partial charge in [-0.15, -0.1) is 0 Å². The Labute approximate surface area is 359 Å². The molecule has 0 radical (unpaired) electrons. The standard InChI is InChI=1S/C58H38N4/c1-4-16-39(17-5-1)43-22-14-23-44(36-43)40-30-32-46(33-31-40)61-54-29-13-11-27-50(54)56-55(61)35-34-49-48-26-10-12-28-53(48)62(57(49)56)47-25-15-24-45(37-47)58-59-51(41-18-6-2-7-19-41)38-52(60-58)42-20-8-3-9-21-42/h1-38H. The van der Waals surface area contributed by atoms with Crippen LogP contribution in [0.1, 0.15) is 0 Å². The fraction of sp³-hybridized carbons (Fsp3) is 0. The first-order valence-electron chi connectivity index (χ1n) is 21.1. The summed E-state index contributed by atoms with van der Waals surface area (Å²) in [5, 5.41) is 4.85. The van der Waals surface area contributed by atoms with Crippen LogP contribution in [0.3, 0.4) is 0 Å². The van der Waals surface area contributed by atoms with Crippen LogP contribution >= 0.6 is 0 Å². The molecule has 0 unspecified atom stereocenters. The molecule has 0 N–H and O–H groups in total. The number of aromatic nitrogens is 4. The first-order chi connectivity index (χ1) is 30.7.